The molecule has 35 heavy (non-hydrogen) atoms. The molecule has 0 unspecified atom stereocenters. The lowest BCUT2D eigenvalue weighted by Crippen LogP contribution is -2.41. The van der Waals surface area contributed by atoms with Crippen molar-refractivity contribution in [1.29, 1.82) is 0 Å². The van der Waals surface area contributed by atoms with E-state index in [9.17, 15) is 9.18 Å². The average Bonchev–Trinajstić information content (AvgIpc) is 2.86. The number of rotatable bonds is 5. The molecule has 4 aromatic rings. The number of hydrogen-bond acceptors (Lipinski definition) is 5. The van der Waals surface area contributed by atoms with E-state index in [2.05, 4.69) is 9.97 Å². The number of hydrogen-bond donors (Lipinski definition) is 1. The van der Waals surface area contributed by atoms with Gasteiger partial charge >= 0.3 is 0 Å². The number of methoxy groups -OCH3 is 1. The summed E-state index contributed by atoms with van der Waals surface area (Å²) in [6, 6.07) is 21.6. The van der Waals surface area contributed by atoms with Gasteiger partial charge in [0.1, 0.15) is 11.6 Å². The summed E-state index contributed by atoms with van der Waals surface area (Å²) in [5, 5.41) is 0. The number of ether oxygens (including phenoxy) is 1. The number of nitrogens with zero attached hydrogens (tertiary/aromatic N) is 3. The summed E-state index contributed by atoms with van der Waals surface area (Å²) in [5.74, 6) is 0.279. The Bertz CT molecular complexity index is 1410. The number of amides is 1. The van der Waals surface area contributed by atoms with Gasteiger partial charge in [-0.15, -0.1) is 0 Å². The molecular formula is C28H25FN4O2. The van der Waals surface area contributed by atoms with Gasteiger partial charge in [0.2, 0.25) is 5.95 Å². The van der Waals surface area contributed by atoms with E-state index in [4.69, 9.17) is 10.5 Å². The van der Waals surface area contributed by atoms with Gasteiger partial charge in [0.15, 0.2) is 0 Å². The molecule has 0 spiro atoms. The molecule has 0 radical (unpaired) electrons. The highest BCUT2D eigenvalue weighted by atomic mass is 19.1. The monoisotopic (exact) mass is 468 g/mol. The third kappa shape index (κ3) is 4.33. The van der Waals surface area contributed by atoms with Crippen LogP contribution in [0.25, 0.3) is 11.1 Å². The first-order valence-corrected chi connectivity index (χ1v) is 11.4. The Morgan fingerprint density at radius 3 is 2.63 bits per heavy atom. The van der Waals surface area contributed by atoms with Gasteiger partial charge in [-0.2, -0.15) is 0 Å². The summed E-state index contributed by atoms with van der Waals surface area (Å²) in [6.45, 7) is 2.16. The minimum absolute atomic E-state index is 0.136. The molecule has 1 atom stereocenters. The van der Waals surface area contributed by atoms with E-state index < -0.39 is 0 Å². The SMILES string of the molecule is COc1cccc(-c2cc(F)ccc2[C@H]2Cc3nc(N)nc(C)c3C(=O)N2Cc2ccccc2)c1. The second-order valence-corrected chi connectivity index (χ2v) is 8.59. The molecule has 2 N–H and O–H groups in total. The minimum Gasteiger partial charge on any atom is -0.497 e. The van der Waals surface area contributed by atoms with E-state index in [-0.39, 0.29) is 23.7 Å². The molecule has 2 heterocycles. The van der Waals surface area contributed by atoms with Gasteiger partial charge in [-0.25, -0.2) is 14.4 Å². The van der Waals surface area contributed by atoms with Gasteiger partial charge < -0.3 is 15.4 Å². The Morgan fingerprint density at radius 2 is 1.86 bits per heavy atom. The summed E-state index contributed by atoms with van der Waals surface area (Å²) in [7, 11) is 1.59. The molecule has 1 amide bonds. The molecular weight excluding hydrogens is 443 g/mol. The van der Waals surface area contributed by atoms with E-state index in [0.717, 1.165) is 16.7 Å². The normalized spacial score (nSPS) is 15.1. The van der Waals surface area contributed by atoms with E-state index in [1.165, 1.54) is 12.1 Å². The fraction of sp³-hybridized carbons (Fsp3) is 0.179. The fourth-order valence-electron chi connectivity index (χ4n) is 4.76. The smallest absolute Gasteiger partial charge is 0.258 e. The van der Waals surface area contributed by atoms with Gasteiger partial charge in [0.25, 0.3) is 5.91 Å². The molecule has 3 aromatic carbocycles. The van der Waals surface area contributed by atoms with Crippen LogP contribution in [0.15, 0.2) is 72.8 Å². The lowest BCUT2D eigenvalue weighted by Gasteiger charge is -2.38. The molecule has 0 saturated heterocycles. The van der Waals surface area contributed by atoms with E-state index >= 15 is 0 Å². The summed E-state index contributed by atoms with van der Waals surface area (Å²) in [5.41, 5.74) is 10.9. The maximum Gasteiger partial charge on any atom is 0.258 e. The topological polar surface area (TPSA) is 81.3 Å². The summed E-state index contributed by atoms with van der Waals surface area (Å²) in [6.07, 6.45) is 0.435. The molecule has 0 saturated carbocycles. The Balaban J connectivity index is 1.68. The van der Waals surface area contributed by atoms with Crippen LogP contribution in [0, 0.1) is 12.7 Å². The van der Waals surface area contributed by atoms with Gasteiger partial charge in [-0.05, 0) is 53.4 Å². The second kappa shape index (κ2) is 9.18. The number of halogens is 1. The minimum atomic E-state index is -0.384. The molecule has 1 aliphatic heterocycles. The highest BCUT2D eigenvalue weighted by Crippen LogP contribution is 2.40. The maximum atomic E-state index is 14.5. The summed E-state index contributed by atoms with van der Waals surface area (Å²) >= 11 is 0. The highest BCUT2D eigenvalue weighted by Gasteiger charge is 2.37. The number of nitrogen functional groups attached to an aromatic ring is 1. The lowest BCUT2D eigenvalue weighted by atomic mass is 9.87. The number of fused-ring (bicyclic) bond motifs is 1. The Hall–Kier alpha value is -4.26. The van der Waals surface area contributed by atoms with Gasteiger partial charge in [-0.1, -0.05) is 48.5 Å². The van der Waals surface area contributed by atoms with Crippen LogP contribution in [-0.4, -0.2) is 27.9 Å². The Labute approximate surface area is 203 Å². The maximum absolute atomic E-state index is 14.5. The molecule has 0 bridgehead atoms. The van der Waals surface area contributed by atoms with Crippen LogP contribution in [0.5, 0.6) is 5.75 Å². The van der Waals surface area contributed by atoms with Crippen molar-refractivity contribution in [2.75, 3.05) is 12.8 Å². The van der Waals surface area contributed by atoms with Crippen molar-refractivity contribution < 1.29 is 13.9 Å². The van der Waals surface area contributed by atoms with Crippen molar-refractivity contribution >= 4 is 11.9 Å². The number of benzene rings is 3. The number of carbonyl (C=O) groups excluding carboxylic acids is 1. The predicted octanol–water partition coefficient (Wildman–Crippen LogP) is 5.12. The molecule has 5 rings (SSSR count). The van der Waals surface area contributed by atoms with E-state index in [1.807, 2.05) is 59.5 Å². The molecule has 7 heteroatoms. The van der Waals surface area contributed by atoms with Crippen LogP contribution >= 0.6 is 0 Å². The zero-order valence-corrected chi connectivity index (χ0v) is 19.5. The van der Waals surface area contributed by atoms with Crippen LogP contribution in [0.2, 0.25) is 0 Å². The van der Waals surface area contributed by atoms with Crippen molar-refractivity contribution in [2.45, 2.75) is 25.9 Å². The standard InChI is InChI=1S/C28H25FN4O2/c1-17-26-24(32-28(30)31-17)15-25(33(27(26)34)16-18-7-4-3-5-8-18)22-12-11-20(29)14-23(22)19-9-6-10-21(13-19)35-2/h3-14,25H,15-16H2,1-2H3,(H2,30,31,32)/t25-/m1/s1. The second-order valence-electron chi connectivity index (χ2n) is 8.59. The van der Waals surface area contributed by atoms with Crippen LogP contribution < -0.4 is 10.5 Å². The molecule has 6 nitrogen and oxygen atoms in total. The van der Waals surface area contributed by atoms with Gasteiger partial charge in [0, 0.05) is 13.0 Å². The summed E-state index contributed by atoms with van der Waals surface area (Å²) in [4.78, 5) is 24.3. The van der Waals surface area contributed by atoms with Crippen molar-refractivity contribution in [3.05, 3.63) is 107 Å². The quantitative estimate of drug-likeness (QED) is 0.440. The van der Waals surface area contributed by atoms with Crippen molar-refractivity contribution in [3.63, 3.8) is 0 Å². The van der Waals surface area contributed by atoms with E-state index in [1.54, 1.807) is 20.1 Å². The van der Waals surface area contributed by atoms with Crippen LogP contribution in [0.3, 0.4) is 0 Å². The van der Waals surface area contributed by atoms with E-state index in [0.29, 0.717) is 41.2 Å². The largest absolute Gasteiger partial charge is 0.497 e. The number of nitrogens with two attached hydrogens (primary N) is 1. The van der Waals surface area contributed by atoms with Crippen molar-refractivity contribution in [1.82, 2.24) is 14.9 Å². The zero-order chi connectivity index (χ0) is 24.5. The van der Waals surface area contributed by atoms with Gasteiger partial charge in [0.05, 0.1) is 30.1 Å². The first-order valence-electron chi connectivity index (χ1n) is 11.4. The highest BCUT2D eigenvalue weighted by molar-refractivity contribution is 5.98. The Morgan fingerprint density at radius 1 is 1.06 bits per heavy atom. The fourth-order valence-corrected chi connectivity index (χ4v) is 4.76. The number of carbonyl (C=O) groups is 1. The average molecular weight is 469 g/mol. The van der Waals surface area contributed by atoms with Crippen LogP contribution in [0.4, 0.5) is 10.3 Å². The molecule has 176 valence electrons. The third-order valence-corrected chi connectivity index (χ3v) is 6.37. The molecule has 1 aromatic heterocycles. The molecule has 0 fully saturated rings. The zero-order valence-electron chi connectivity index (χ0n) is 19.5. The third-order valence-electron chi connectivity index (χ3n) is 6.37. The Kier molecular flexibility index (Phi) is 5.91. The lowest BCUT2D eigenvalue weighted by molar-refractivity contribution is 0.0625. The molecule has 0 aliphatic carbocycles. The number of aryl methyl sites for hydroxylation is 1. The summed E-state index contributed by atoms with van der Waals surface area (Å²) < 4.78 is 19.9. The van der Waals surface area contributed by atoms with Crippen molar-refractivity contribution in [3.8, 4) is 16.9 Å². The predicted molar refractivity (Wildman–Crippen MR) is 132 cm³/mol. The van der Waals surface area contributed by atoms with Crippen LogP contribution in [0.1, 0.15) is 38.9 Å². The first-order chi connectivity index (χ1) is 16.9. The number of anilines is 1. The van der Waals surface area contributed by atoms with Crippen molar-refractivity contribution in [2.24, 2.45) is 0 Å². The van der Waals surface area contributed by atoms with Gasteiger partial charge in [-0.3, -0.25) is 4.79 Å². The van der Waals surface area contributed by atoms with Crippen LogP contribution in [-0.2, 0) is 13.0 Å². The first kappa shape index (κ1) is 22.5. The molecule has 1 aliphatic rings. The number of aromatic nitrogens is 2.